The summed E-state index contributed by atoms with van der Waals surface area (Å²) < 4.78 is 10.6. The van der Waals surface area contributed by atoms with E-state index in [0.717, 1.165) is 37.0 Å². The van der Waals surface area contributed by atoms with Gasteiger partial charge in [-0.1, -0.05) is 25.0 Å². The first-order valence-electron chi connectivity index (χ1n) is 8.82. The van der Waals surface area contributed by atoms with Crippen LogP contribution in [0.25, 0.3) is 0 Å². The highest BCUT2D eigenvalue weighted by Crippen LogP contribution is 2.28. The van der Waals surface area contributed by atoms with Crippen LogP contribution in [-0.4, -0.2) is 30.4 Å². The molecule has 132 valence electrons. The van der Waals surface area contributed by atoms with Crippen LogP contribution in [0.4, 0.5) is 0 Å². The molecular formula is C20H28O4. The number of rotatable bonds is 7. The molecule has 1 aliphatic rings. The zero-order chi connectivity index (χ0) is 17.4. The molecule has 1 aromatic carbocycles. The number of ether oxygens (including phenoxy) is 2. The van der Waals surface area contributed by atoms with E-state index in [4.69, 9.17) is 9.47 Å². The van der Waals surface area contributed by atoms with Gasteiger partial charge < -0.3 is 14.6 Å². The van der Waals surface area contributed by atoms with Gasteiger partial charge >= 0.3 is 5.97 Å². The number of aliphatic hydroxyl groups is 1. The molecule has 1 aromatic rings. The summed E-state index contributed by atoms with van der Waals surface area (Å²) >= 11 is 0. The molecular weight excluding hydrogens is 304 g/mol. The molecule has 1 saturated carbocycles. The van der Waals surface area contributed by atoms with Crippen molar-refractivity contribution in [3.05, 3.63) is 41.5 Å². The molecule has 24 heavy (non-hydrogen) atoms. The standard InChI is InChI=1S/C20H28O4/c1-3-23-20(22)12-15(2)14-24-18-10-8-16(9-11-18)13-17-6-4-5-7-19(17)21/h8-12,17,19,21H,3-7,13-14H2,1-2H3/b15-12+/t17-,19-/m1/s1. The van der Waals surface area contributed by atoms with E-state index in [-0.39, 0.29) is 12.1 Å². The van der Waals surface area contributed by atoms with Crippen molar-refractivity contribution in [1.82, 2.24) is 0 Å². The molecule has 0 unspecified atom stereocenters. The van der Waals surface area contributed by atoms with Gasteiger partial charge in [-0.25, -0.2) is 4.79 Å². The summed E-state index contributed by atoms with van der Waals surface area (Å²) in [7, 11) is 0. The highest BCUT2D eigenvalue weighted by Gasteiger charge is 2.22. The van der Waals surface area contributed by atoms with Crippen LogP contribution in [0.3, 0.4) is 0 Å². The van der Waals surface area contributed by atoms with Crippen molar-refractivity contribution in [2.45, 2.75) is 52.1 Å². The second-order valence-electron chi connectivity index (χ2n) is 6.49. The van der Waals surface area contributed by atoms with Gasteiger partial charge in [-0.05, 0) is 62.3 Å². The van der Waals surface area contributed by atoms with Gasteiger partial charge in [0.1, 0.15) is 12.4 Å². The molecule has 1 fully saturated rings. The highest BCUT2D eigenvalue weighted by atomic mass is 16.5. The summed E-state index contributed by atoms with van der Waals surface area (Å²) in [6, 6.07) is 8.01. The molecule has 0 saturated heterocycles. The van der Waals surface area contributed by atoms with Crippen LogP contribution in [0.15, 0.2) is 35.9 Å². The first kappa shape index (κ1) is 18.5. The molecule has 2 atom stereocenters. The van der Waals surface area contributed by atoms with Crippen LogP contribution in [0, 0.1) is 5.92 Å². The van der Waals surface area contributed by atoms with Crippen molar-refractivity contribution in [1.29, 1.82) is 0 Å². The first-order chi connectivity index (χ1) is 11.6. The first-order valence-corrected chi connectivity index (χ1v) is 8.82. The molecule has 0 aliphatic heterocycles. The quantitative estimate of drug-likeness (QED) is 0.611. The maximum atomic E-state index is 11.4. The molecule has 4 heteroatoms. The largest absolute Gasteiger partial charge is 0.489 e. The molecule has 4 nitrogen and oxygen atoms in total. The highest BCUT2D eigenvalue weighted by molar-refractivity contribution is 5.82. The lowest BCUT2D eigenvalue weighted by atomic mass is 9.82. The SMILES string of the molecule is CCOC(=O)/C=C(\C)COc1ccc(C[C@H]2CCCC[C@H]2O)cc1. The van der Waals surface area contributed by atoms with Crippen LogP contribution in [0.1, 0.15) is 45.1 Å². The average Bonchev–Trinajstić information content (AvgIpc) is 2.56. The second kappa shape index (κ2) is 9.48. The van der Waals surface area contributed by atoms with Crippen LogP contribution in [0.2, 0.25) is 0 Å². The third kappa shape index (κ3) is 6.00. The van der Waals surface area contributed by atoms with Crippen molar-refractivity contribution in [2.24, 2.45) is 5.92 Å². The monoisotopic (exact) mass is 332 g/mol. The van der Waals surface area contributed by atoms with Gasteiger partial charge in [0, 0.05) is 6.08 Å². The minimum Gasteiger partial charge on any atom is -0.489 e. The van der Waals surface area contributed by atoms with Gasteiger partial charge in [-0.2, -0.15) is 0 Å². The summed E-state index contributed by atoms with van der Waals surface area (Å²) in [5, 5.41) is 10.1. The Kier molecular flexibility index (Phi) is 7.32. The van der Waals surface area contributed by atoms with Crippen molar-refractivity contribution in [3.8, 4) is 5.75 Å². The summed E-state index contributed by atoms with van der Waals surface area (Å²) in [5.74, 6) is 0.819. The lowest BCUT2D eigenvalue weighted by Gasteiger charge is -2.27. The number of hydrogen-bond donors (Lipinski definition) is 1. The number of aliphatic hydroxyl groups excluding tert-OH is 1. The summed E-state index contributed by atoms with van der Waals surface area (Å²) in [6.07, 6.45) is 6.61. The summed E-state index contributed by atoms with van der Waals surface area (Å²) in [5.41, 5.74) is 2.05. The smallest absolute Gasteiger partial charge is 0.330 e. The van der Waals surface area contributed by atoms with Crippen LogP contribution >= 0.6 is 0 Å². The van der Waals surface area contributed by atoms with E-state index in [2.05, 4.69) is 12.1 Å². The molecule has 0 amide bonds. The molecule has 1 aliphatic carbocycles. The van der Waals surface area contributed by atoms with E-state index in [1.165, 1.54) is 18.1 Å². The van der Waals surface area contributed by atoms with E-state index in [1.807, 2.05) is 19.1 Å². The predicted octanol–water partition coefficient (Wildman–Crippen LogP) is 3.67. The topological polar surface area (TPSA) is 55.8 Å². The van der Waals surface area contributed by atoms with Gasteiger partial charge in [0.05, 0.1) is 12.7 Å². The van der Waals surface area contributed by atoms with Crippen molar-refractivity contribution in [3.63, 3.8) is 0 Å². The van der Waals surface area contributed by atoms with E-state index in [1.54, 1.807) is 6.92 Å². The van der Waals surface area contributed by atoms with Crippen molar-refractivity contribution >= 4 is 5.97 Å². The second-order valence-corrected chi connectivity index (χ2v) is 6.49. The minimum absolute atomic E-state index is 0.162. The third-order valence-electron chi connectivity index (χ3n) is 4.41. The normalized spacial score (nSPS) is 21.4. The Morgan fingerprint density at radius 3 is 2.62 bits per heavy atom. The van der Waals surface area contributed by atoms with Crippen molar-refractivity contribution < 1.29 is 19.4 Å². The third-order valence-corrected chi connectivity index (χ3v) is 4.41. The van der Waals surface area contributed by atoms with Gasteiger partial charge in [0.2, 0.25) is 0 Å². The van der Waals surface area contributed by atoms with Gasteiger partial charge in [-0.3, -0.25) is 0 Å². The van der Waals surface area contributed by atoms with Crippen LogP contribution in [0.5, 0.6) is 5.75 Å². The molecule has 1 N–H and O–H groups in total. The fourth-order valence-corrected chi connectivity index (χ4v) is 3.07. The summed E-state index contributed by atoms with van der Waals surface area (Å²) in [4.78, 5) is 11.4. The number of carbonyl (C=O) groups excluding carboxylic acids is 1. The number of hydrogen-bond acceptors (Lipinski definition) is 4. The summed E-state index contributed by atoms with van der Waals surface area (Å²) in [6.45, 7) is 4.36. The number of benzene rings is 1. The zero-order valence-corrected chi connectivity index (χ0v) is 14.7. The Labute approximate surface area is 144 Å². The lowest BCUT2D eigenvalue weighted by Crippen LogP contribution is -2.26. The van der Waals surface area contributed by atoms with E-state index < -0.39 is 0 Å². The molecule has 2 rings (SSSR count). The lowest BCUT2D eigenvalue weighted by molar-refractivity contribution is -0.137. The molecule has 0 aromatic heterocycles. The fraction of sp³-hybridized carbons (Fsp3) is 0.550. The van der Waals surface area contributed by atoms with E-state index in [0.29, 0.717) is 19.1 Å². The van der Waals surface area contributed by atoms with Gasteiger partial charge in [-0.15, -0.1) is 0 Å². The van der Waals surface area contributed by atoms with E-state index >= 15 is 0 Å². The predicted molar refractivity (Wildman–Crippen MR) is 94.0 cm³/mol. The molecule has 0 bridgehead atoms. The molecule has 0 radical (unpaired) electrons. The van der Waals surface area contributed by atoms with Crippen LogP contribution in [-0.2, 0) is 16.0 Å². The zero-order valence-electron chi connectivity index (χ0n) is 14.7. The van der Waals surface area contributed by atoms with Crippen LogP contribution < -0.4 is 4.74 Å². The van der Waals surface area contributed by atoms with Gasteiger partial charge in [0.15, 0.2) is 0 Å². The van der Waals surface area contributed by atoms with E-state index in [9.17, 15) is 9.90 Å². The maximum absolute atomic E-state index is 11.4. The molecule has 0 heterocycles. The Morgan fingerprint density at radius 2 is 1.96 bits per heavy atom. The Morgan fingerprint density at radius 1 is 1.25 bits per heavy atom. The molecule has 0 spiro atoms. The Balaban J connectivity index is 1.82. The number of carbonyl (C=O) groups is 1. The van der Waals surface area contributed by atoms with Gasteiger partial charge in [0.25, 0.3) is 0 Å². The fourth-order valence-electron chi connectivity index (χ4n) is 3.07. The van der Waals surface area contributed by atoms with Crippen molar-refractivity contribution in [2.75, 3.05) is 13.2 Å². The minimum atomic E-state index is -0.333. The maximum Gasteiger partial charge on any atom is 0.330 e. The number of esters is 1. The Hall–Kier alpha value is -1.81. The Bertz CT molecular complexity index is 547. The average molecular weight is 332 g/mol.